The Morgan fingerprint density at radius 1 is 0.865 bits per heavy atom. The van der Waals surface area contributed by atoms with E-state index < -0.39 is 40.0 Å². The summed E-state index contributed by atoms with van der Waals surface area (Å²) >= 11 is 0. The highest BCUT2D eigenvalue weighted by Crippen LogP contribution is 2.47. The lowest BCUT2D eigenvalue weighted by molar-refractivity contribution is -0.276. The first kappa shape index (κ1) is 27.8. The van der Waals surface area contributed by atoms with Gasteiger partial charge in [-0.2, -0.15) is 8.42 Å². The van der Waals surface area contributed by atoms with Crippen molar-refractivity contribution in [2.24, 2.45) is 0 Å². The molecular formula is C26H34O10S. The minimum Gasteiger partial charge on any atom is -0.497 e. The summed E-state index contributed by atoms with van der Waals surface area (Å²) in [5, 5.41) is 0. The maximum Gasteiger partial charge on any atom is 0.264 e. The van der Waals surface area contributed by atoms with Crippen LogP contribution < -0.4 is 9.47 Å². The molecule has 204 valence electrons. The van der Waals surface area contributed by atoms with Crippen LogP contribution in [-0.2, 0) is 51.2 Å². The molecule has 0 spiro atoms. The second kappa shape index (κ2) is 11.2. The van der Waals surface area contributed by atoms with Gasteiger partial charge in [0.25, 0.3) is 10.1 Å². The maximum absolute atomic E-state index is 11.8. The number of ether oxygens (including phenoxy) is 7. The zero-order chi connectivity index (χ0) is 26.7. The van der Waals surface area contributed by atoms with Gasteiger partial charge in [0.05, 0.1) is 40.3 Å². The van der Waals surface area contributed by atoms with E-state index in [2.05, 4.69) is 0 Å². The molecule has 0 aliphatic carbocycles. The van der Waals surface area contributed by atoms with Gasteiger partial charge >= 0.3 is 0 Å². The molecule has 2 aromatic rings. The normalized spacial score (nSPS) is 26.7. The lowest BCUT2D eigenvalue weighted by Crippen LogP contribution is -2.45. The van der Waals surface area contributed by atoms with E-state index in [9.17, 15) is 8.42 Å². The Hall–Kier alpha value is -2.25. The zero-order valence-corrected chi connectivity index (χ0v) is 22.5. The van der Waals surface area contributed by atoms with E-state index in [1.54, 1.807) is 28.1 Å². The average molecular weight is 539 g/mol. The third kappa shape index (κ3) is 6.99. The van der Waals surface area contributed by atoms with Gasteiger partial charge < -0.3 is 33.2 Å². The van der Waals surface area contributed by atoms with Gasteiger partial charge in [-0.15, -0.1) is 0 Å². The highest BCUT2D eigenvalue weighted by atomic mass is 32.2. The predicted molar refractivity (Wildman–Crippen MR) is 133 cm³/mol. The van der Waals surface area contributed by atoms with E-state index in [1.165, 1.54) is 0 Å². The summed E-state index contributed by atoms with van der Waals surface area (Å²) < 4.78 is 69.9. The lowest BCUT2D eigenvalue weighted by atomic mass is 10.1. The summed E-state index contributed by atoms with van der Waals surface area (Å²) in [6.45, 7) is 3.83. The zero-order valence-electron chi connectivity index (χ0n) is 21.7. The van der Waals surface area contributed by atoms with E-state index in [-0.39, 0.29) is 19.8 Å². The van der Waals surface area contributed by atoms with Crippen molar-refractivity contribution in [1.29, 1.82) is 0 Å². The fourth-order valence-electron chi connectivity index (χ4n) is 4.41. The minimum atomic E-state index is -3.76. The van der Waals surface area contributed by atoms with Gasteiger partial charge in [-0.1, -0.05) is 24.3 Å². The van der Waals surface area contributed by atoms with E-state index in [0.29, 0.717) is 6.61 Å². The Balaban J connectivity index is 1.50. The van der Waals surface area contributed by atoms with Gasteiger partial charge in [-0.25, -0.2) is 0 Å². The molecule has 0 bridgehead atoms. The summed E-state index contributed by atoms with van der Waals surface area (Å²) in [5.74, 6) is -1.02. The molecule has 11 heteroatoms. The first-order valence-electron chi connectivity index (χ1n) is 11.9. The monoisotopic (exact) mass is 538 g/mol. The van der Waals surface area contributed by atoms with Crippen LogP contribution in [0.1, 0.15) is 25.0 Å². The molecular weight excluding hydrogens is 504 g/mol. The smallest absolute Gasteiger partial charge is 0.264 e. The van der Waals surface area contributed by atoms with Crippen LogP contribution in [0.25, 0.3) is 0 Å². The highest BCUT2D eigenvalue weighted by molar-refractivity contribution is 7.85. The van der Waals surface area contributed by atoms with Crippen LogP contribution in [-0.4, -0.2) is 72.0 Å². The Kier molecular flexibility index (Phi) is 8.44. The number of rotatable bonds is 12. The molecule has 37 heavy (non-hydrogen) atoms. The van der Waals surface area contributed by atoms with E-state index in [4.69, 9.17) is 37.3 Å². The fraction of sp³-hybridized carbons (Fsp3) is 0.538. The molecule has 0 unspecified atom stereocenters. The Morgan fingerprint density at radius 2 is 1.43 bits per heavy atom. The van der Waals surface area contributed by atoms with Crippen LogP contribution in [0.15, 0.2) is 48.5 Å². The molecule has 2 heterocycles. The van der Waals surface area contributed by atoms with Gasteiger partial charge in [-0.3, -0.25) is 4.18 Å². The van der Waals surface area contributed by atoms with Crippen molar-refractivity contribution >= 4 is 10.1 Å². The number of benzene rings is 2. The maximum atomic E-state index is 11.8. The second-order valence-corrected chi connectivity index (χ2v) is 11.1. The van der Waals surface area contributed by atoms with Gasteiger partial charge in [0, 0.05) is 0 Å². The standard InChI is InChI=1S/C26H34O10S/c1-25(2)35-24-23(32-15-19-8-12-21(30-4)13-9-19)22(34-26(24,36-25)17-33-37(5,27)28)16-31-14-18-6-10-20(29-3)11-7-18/h6-13,22-24H,14-17H2,1-5H3/t22-,23-,24-,26-/m1/s1. The van der Waals surface area contributed by atoms with Crippen LogP contribution in [0.4, 0.5) is 0 Å². The van der Waals surface area contributed by atoms with Crippen molar-refractivity contribution in [3.63, 3.8) is 0 Å². The molecule has 2 fully saturated rings. The molecule has 2 saturated heterocycles. The van der Waals surface area contributed by atoms with Crippen LogP contribution in [0.2, 0.25) is 0 Å². The fourth-order valence-corrected chi connectivity index (χ4v) is 4.79. The number of hydrogen-bond acceptors (Lipinski definition) is 10. The molecule has 2 aliphatic heterocycles. The van der Waals surface area contributed by atoms with Crippen LogP contribution >= 0.6 is 0 Å². The Labute approximate surface area is 217 Å². The quantitative estimate of drug-likeness (QED) is 0.374. The minimum absolute atomic E-state index is 0.156. The molecule has 0 N–H and O–H groups in total. The van der Waals surface area contributed by atoms with Gasteiger partial charge in [0.1, 0.15) is 36.4 Å². The van der Waals surface area contributed by atoms with Crippen molar-refractivity contribution in [3.05, 3.63) is 59.7 Å². The highest BCUT2D eigenvalue weighted by Gasteiger charge is 2.66. The molecule has 0 radical (unpaired) electrons. The molecule has 2 aliphatic rings. The summed E-state index contributed by atoms with van der Waals surface area (Å²) in [6.07, 6.45) is -1.01. The first-order chi connectivity index (χ1) is 17.5. The number of hydrogen-bond donors (Lipinski definition) is 0. The SMILES string of the molecule is COc1ccc(COC[C@H]2O[C@]3(COS(C)(=O)=O)OC(C)(C)O[C@@H]3[C@@H]2OCc2ccc(OC)cc2)cc1. The van der Waals surface area contributed by atoms with Gasteiger partial charge in [0.15, 0.2) is 5.79 Å². The summed E-state index contributed by atoms with van der Waals surface area (Å²) in [4.78, 5) is 0. The average Bonchev–Trinajstić information content (AvgIpc) is 3.28. The van der Waals surface area contributed by atoms with Crippen LogP contribution in [0, 0.1) is 0 Å². The van der Waals surface area contributed by atoms with Crippen molar-refractivity contribution in [1.82, 2.24) is 0 Å². The summed E-state index contributed by atoms with van der Waals surface area (Å²) in [6, 6.07) is 15.0. The van der Waals surface area contributed by atoms with Crippen LogP contribution in [0.3, 0.4) is 0 Å². The molecule has 0 amide bonds. The molecule has 4 rings (SSSR count). The van der Waals surface area contributed by atoms with E-state index >= 15 is 0 Å². The van der Waals surface area contributed by atoms with Crippen molar-refractivity contribution in [2.45, 2.75) is 56.9 Å². The summed E-state index contributed by atoms with van der Waals surface area (Å²) in [5.41, 5.74) is 1.88. The molecule has 0 saturated carbocycles. The number of methoxy groups -OCH3 is 2. The number of fused-ring (bicyclic) bond motifs is 1. The van der Waals surface area contributed by atoms with Crippen molar-refractivity contribution < 1.29 is 45.8 Å². The van der Waals surface area contributed by atoms with Crippen LogP contribution in [0.5, 0.6) is 11.5 Å². The third-order valence-corrected chi connectivity index (χ3v) is 6.61. The predicted octanol–water partition coefficient (Wildman–Crippen LogP) is 3.03. The molecule has 0 aromatic heterocycles. The van der Waals surface area contributed by atoms with Gasteiger partial charge in [-0.05, 0) is 49.2 Å². The lowest BCUT2D eigenvalue weighted by Gasteiger charge is -2.28. The third-order valence-electron chi connectivity index (χ3n) is 6.06. The largest absolute Gasteiger partial charge is 0.497 e. The molecule has 4 atom stereocenters. The summed E-state index contributed by atoms with van der Waals surface area (Å²) in [7, 11) is -0.540. The van der Waals surface area contributed by atoms with Crippen molar-refractivity contribution in [3.8, 4) is 11.5 Å². The second-order valence-electron chi connectivity index (χ2n) is 9.46. The molecule has 10 nitrogen and oxygen atoms in total. The Morgan fingerprint density at radius 3 is 1.97 bits per heavy atom. The first-order valence-corrected chi connectivity index (χ1v) is 13.7. The van der Waals surface area contributed by atoms with E-state index in [1.807, 2.05) is 48.5 Å². The van der Waals surface area contributed by atoms with Crippen molar-refractivity contribution in [2.75, 3.05) is 33.7 Å². The Bertz CT molecular complexity index is 1130. The topological polar surface area (TPSA) is 108 Å². The van der Waals surface area contributed by atoms with Gasteiger partial charge in [0.2, 0.25) is 5.79 Å². The van der Waals surface area contributed by atoms with E-state index in [0.717, 1.165) is 28.9 Å². The molecule has 2 aromatic carbocycles.